The molecule has 0 bridgehead atoms. The number of pyridine rings is 1. The summed E-state index contributed by atoms with van der Waals surface area (Å²) in [6, 6.07) is 0. The van der Waals surface area contributed by atoms with Crippen LogP contribution in [0.4, 0.5) is 5.82 Å². The molecular formula is C10H14BBrN4O2. The summed E-state index contributed by atoms with van der Waals surface area (Å²) < 4.78 is 2.69. The first-order valence-electron chi connectivity index (χ1n) is 5.15. The number of nitrogens with zero attached hydrogens (tertiary/aromatic N) is 3. The van der Waals surface area contributed by atoms with Crippen molar-refractivity contribution < 1.29 is 10.1 Å². The van der Waals surface area contributed by atoms with E-state index >= 15 is 0 Å². The van der Waals surface area contributed by atoms with Crippen molar-refractivity contribution in [2.24, 2.45) is 0 Å². The van der Waals surface area contributed by atoms with Crippen LogP contribution in [0.1, 0.15) is 17.0 Å². The molecule has 0 aliphatic heterocycles. The number of hydrogen-bond acceptors (Lipinski definition) is 5. The molecule has 18 heavy (non-hydrogen) atoms. The van der Waals surface area contributed by atoms with E-state index in [-0.39, 0.29) is 0 Å². The van der Waals surface area contributed by atoms with Gasteiger partial charge < -0.3 is 5.73 Å². The molecular weight excluding hydrogens is 299 g/mol. The zero-order chi connectivity index (χ0) is 13.9. The van der Waals surface area contributed by atoms with Crippen molar-refractivity contribution in [3.8, 4) is 0 Å². The Kier molecular flexibility index (Phi) is 4.72. The van der Waals surface area contributed by atoms with Gasteiger partial charge in [-0.25, -0.2) is 4.98 Å². The van der Waals surface area contributed by atoms with E-state index in [4.69, 9.17) is 15.9 Å². The van der Waals surface area contributed by atoms with Gasteiger partial charge in [0.2, 0.25) is 0 Å². The van der Waals surface area contributed by atoms with E-state index in [9.17, 15) is 0 Å². The number of hydrogen-bond donors (Lipinski definition) is 3. The molecule has 0 unspecified atom stereocenters. The number of rotatable bonds is 0. The van der Waals surface area contributed by atoms with Gasteiger partial charge in [0.25, 0.3) is 0 Å². The number of aromatic nitrogens is 3. The predicted octanol–water partition coefficient (Wildman–Crippen LogP) is 0.729. The van der Waals surface area contributed by atoms with Crippen molar-refractivity contribution in [3.05, 3.63) is 21.4 Å². The van der Waals surface area contributed by atoms with Gasteiger partial charge in [-0.2, -0.15) is 4.52 Å². The second-order valence-corrected chi connectivity index (χ2v) is 4.43. The van der Waals surface area contributed by atoms with Gasteiger partial charge in [0.1, 0.15) is 11.6 Å². The minimum absolute atomic E-state index is 0.556. The van der Waals surface area contributed by atoms with Crippen LogP contribution in [0.5, 0.6) is 0 Å². The number of nitrogens with two attached hydrogens (primary N) is 1. The van der Waals surface area contributed by atoms with Gasteiger partial charge >= 0.3 is 23.4 Å². The SMILES string of the molecule is Cc1nc2c(C)c(Br)c(C)c(N)n2n1.OB=CO. The Morgan fingerprint density at radius 2 is 1.89 bits per heavy atom. The summed E-state index contributed by atoms with van der Waals surface area (Å²) in [5.41, 5.74) is 8.82. The molecule has 0 aromatic carbocycles. The van der Waals surface area contributed by atoms with Crippen molar-refractivity contribution in [1.82, 2.24) is 14.6 Å². The molecule has 0 aliphatic carbocycles. The number of nitrogen functional groups attached to an aromatic ring is 1. The Hall–Kier alpha value is -1.57. The van der Waals surface area contributed by atoms with Crippen LogP contribution < -0.4 is 5.73 Å². The van der Waals surface area contributed by atoms with Gasteiger partial charge in [-0.3, -0.25) is 0 Å². The van der Waals surface area contributed by atoms with Crippen LogP contribution in [-0.2, 0) is 0 Å². The average molecular weight is 313 g/mol. The zero-order valence-electron chi connectivity index (χ0n) is 10.3. The van der Waals surface area contributed by atoms with E-state index in [1.54, 1.807) is 4.52 Å². The predicted molar refractivity (Wildman–Crippen MR) is 75.3 cm³/mol. The quantitative estimate of drug-likeness (QED) is 0.623. The molecule has 0 saturated carbocycles. The van der Waals surface area contributed by atoms with Crippen molar-refractivity contribution >= 4 is 40.7 Å². The van der Waals surface area contributed by atoms with Gasteiger partial charge in [0.05, 0.1) is 0 Å². The molecule has 2 rings (SSSR count). The third-order valence-corrected chi connectivity index (χ3v) is 3.58. The molecule has 0 fully saturated rings. The monoisotopic (exact) mass is 312 g/mol. The summed E-state index contributed by atoms with van der Waals surface area (Å²) in [6.45, 7) is 5.82. The molecule has 96 valence electrons. The van der Waals surface area contributed by atoms with E-state index in [1.165, 1.54) is 0 Å². The fourth-order valence-corrected chi connectivity index (χ4v) is 1.86. The van der Waals surface area contributed by atoms with Crippen LogP contribution in [0.15, 0.2) is 4.47 Å². The molecule has 0 amide bonds. The third-order valence-electron chi connectivity index (χ3n) is 2.39. The first-order chi connectivity index (χ1) is 8.43. The summed E-state index contributed by atoms with van der Waals surface area (Å²) >= 11 is 3.50. The van der Waals surface area contributed by atoms with Crippen LogP contribution in [0.3, 0.4) is 0 Å². The molecule has 0 atom stereocenters. The maximum atomic E-state index is 7.44. The fourth-order valence-electron chi connectivity index (χ4n) is 1.48. The van der Waals surface area contributed by atoms with Crippen molar-refractivity contribution in [1.29, 1.82) is 0 Å². The first-order valence-corrected chi connectivity index (χ1v) is 5.94. The van der Waals surface area contributed by atoms with E-state index in [0.717, 1.165) is 27.1 Å². The Labute approximate surface area is 114 Å². The summed E-state index contributed by atoms with van der Waals surface area (Å²) in [6.07, 6.45) is 0.556. The second-order valence-electron chi connectivity index (χ2n) is 3.64. The third kappa shape index (κ3) is 2.64. The van der Waals surface area contributed by atoms with E-state index in [0.29, 0.717) is 19.1 Å². The van der Waals surface area contributed by atoms with Crippen LogP contribution >= 0.6 is 15.9 Å². The minimum atomic E-state index is 0.556. The van der Waals surface area contributed by atoms with E-state index in [2.05, 4.69) is 26.0 Å². The van der Waals surface area contributed by atoms with Gasteiger partial charge in [-0.05, 0) is 36.7 Å². The molecule has 0 radical (unpaired) electrons. The molecule has 0 spiro atoms. The number of halogens is 1. The Bertz CT molecular complexity index is 548. The fraction of sp³-hybridized carbons (Fsp3) is 0.300. The Morgan fingerprint density at radius 3 is 2.39 bits per heavy atom. The Balaban J connectivity index is 0.000000357. The summed E-state index contributed by atoms with van der Waals surface area (Å²) in [4.78, 5) is 4.32. The van der Waals surface area contributed by atoms with Crippen LogP contribution in [-0.4, -0.2) is 38.0 Å². The Morgan fingerprint density at radius 1 is 1.33 bits per heavy atom. The maximum absolute atomic E-state index is 7.44. The first kappa shape index (κ1) is 14.5. The summed E-state index contributed by atoms with van der Waals surface area (Å²) in [5.74, 6) is 1.37. The molecule has 6 nitrogen and oxygen atoms in total. The zero-order valence-corrected chi connectivity index (χ0v) is 11.9. The van der Waals surface area contributed by atoms with E-state index in [1.807, 2.05) is 20.8 Å². The van der Waals surface area contributed by atoms with Crippen molar-refractivity contribution in [2.75, 3.05) is 5.73 Å². The molecule has 2 aromatic heterocycles. The number of fused-ring (bicyclic) bond motifs is 1. The normalized spacial score (nSPS) is 10.2. The molecule has 2 aromatic rings. The molecule has 0 saturated heterocycles. The van der Waals surface area contributed by atoms with Gasteiger partial charge in [-0.15, -0.1) is 5.10 Å². The molecule has 2 heterocycles. The van der Waals surface area contributed by atoms with Gasteiger partial charge in [0.15, 0.2) is 5.65 Å². The number of anilines is 1. The van der Waals surface area contributed by atoms with Gasteiger partial charge in [0, 0.05) is 15.6 Å². The molecule has 0 aliphatic rings. The van der Waals surface area contributed by atoms with Gasteiger partial charge in [-0.1, -0.05) is 0 Å². The van der Waals surface area contributed by atoms with Crippen LogP contribution in [0.25, 0.3) is 5.65 Å². The molecule has 4 N–H and O–H groups in total. The number of aliphatic hydroxyl groups excluding tert-OH is 1. The van der Waals surface area contributed by atoms with Crippen LogP contribution in [0.2, 0.25) is 0 Å². The standard InChI is InChI=1S/C9H11BrN4.CH3BO2/c1-4-7(10)5(2)9-12-6(3)13-14(9)8(4)11;3-1-2-4/h11H2,1-3H3;1,3-4H. The average Bonchev–Trinajstić information content (AvgIpc) is 2.76. The second kappa shape index (κ2) is 5.86. The van der Waals surface area contributed by atoms with Crippen molar-refractivity contribution in [2.45, 2.75) is 20.8 Å². The number of aliphatic hydroxyl groups is 1. The summed E-state index contributed by atoms with van der Waals surface area (Å²) in [7, 11) is 0.556. The van der Waals surface area contributed by atoms with Crippen LogP contribution in [0, 0.1) is 20.8 Å². The topological polar surface area (TPSA) is 96.7 Å². The summed E-state index contributed by atoms with van der Waals surface area (Å²) in [5, 5.41) is 19.1. The van der Waals surface area contributed by atoms with E-state index < -0.39 is 0 Å². The number of aryl methyl sites for hydroxylation is 2. The van der Waals surface area contributed by atoms with Crippen molar-refractivity contribution in [3.63, 3.8) is 0 Å². The molecule has 8 heteroatoms.